The van der Waals surface area contributed by atoms with E-state index < -0.39 is 0 Å². The number of likely N-dealkylation sites (tertiary alicyclic amines) is 2. The zero-order valence-corrected chi connectivity index (χ0v) is 14.4. The molecule has 3 nitrogen and oxygen atoms in total. The monoisotopic (exact) mass is 318 g/mol. The minimum Gasteiger partial charge on any atom is -0.334 e. The molecule has 2 fully saturated rings. The molecule has 0 spiro atoms. The van der Waals surface area contributed by atoms with Crippen molar-refractivity contribution in [2.24, 2.45) is 0 Å². The fraction of sp³-hybridized carbons (Fsp3) is 0.611. The number of benzene rings is 1. The van der Waals surface area contributed by atoms with Gasteiger partial charge in [-0.25, -0.2) is 0 Å². The molecule has 0 N–H and O–H groups in total. The van der Waals surface area contributed by atoms with Gasteiger partial charge in [-0.3, -0.25) is 4.79 Å². The molecule has 0 aromatic heterocycles. The van der Waals surface area contributed by atoms with Gasteiger partial charge < -0.3 is 9.80 Å². The normalized spacial score (nSPS) is 25.8. The predicted molar refractivity (Wildman–Crippen MR) is 93.4 cm³/mol. The summed E-state index contributed by atoms with van der Waals surface area (Å²) in [4.78, 5) is 17.5. The molecule has 2 heterocycles. The van der Waals surface area contributed by atoms with Crippen LogP contribution in [0.2, 0.25) is 0 Å². The Bertz CT molecular complexity index is 516. The molecule has 4 heteroatoms. The lowest BCUT2D eigenvalue weighted by Gasteiger charge is -2.33. The molecule has 2 atom stereocenters. The van der Waals surface area contributed by atoms with Crippen LogP contribution < -0.4 is 0 Å². The van der Waals surface area contributed by atoms with Crippen molar-refractivity contribution in [2.45, 2.75) is 43.5 Å². The lowest BCUT2D eigenvalue weighted by Crippen LogP contribution is -2.47. The van der Waals surface area contributed by atoms with Crippen LogP contribution in [0.1, 0.15) is 41.6 Å². The van der Waals surface area contributed by atoms with Gasteiger partial charge in [-0.1, -0.05) is 12.1 Å². The van der Waals surface area contributed by atoms with Crippen molar-refractivity contribution in [1.29, 1.82) is 0 Å². The first-order valence-corrected chi connectivity index (χ1v) is 9.69. The lowest BCUT2D eigenvalue weighted by molar-refractivity contribution is 0.0664. The minimum absolute atomic E-state index is 0.221. The molecule has 2 saturated heterocycles. The zero-order valence-electron chi connectivity index (χ0n) is 13.6. The first kappa shape index (κ1) is 15.9. The Morgan fingerprint density at radius 1 is 1.14 bits per heavy atom. The quantitative estimate of drug-likeness (QED) is 0.851. The summed E-state index contributed by atoms with van der Waals surface area (Å²) in [5, 5.41) is 0. The Morgan fingerprint density at radius 3 is 2.45 bits per heavy atom. The number of carbonyl (C=O) groups is 1. The number of carbonyl (C=O) groups excluding carboxylic acids is 1. The summed E-state index contributed by atoms with van der Waals surface area (Å²) in [6.07, 6.45) is 6.91. The highest BCUT2D eigenvalue weighted by Gasteiger charge is 2.38. The van der Waals surface area contributed by atoms with E-state index in [1.807, 2.05) is 23.9 Å². The third-order valence-electron chi connectivity index (χ3n) is 5.09. The topological polar surface area (TPSA) is 23.6 Å². The Kier molecular flexibility index (Phi) is 5.09. The number of rotatable bonds is 4. The molecule has 0 saturated carbocycles. The maximum absolute atomic E-state index is 12.9. The molecule has 0 unspecified atom stereocenters. The second-order valence-corrected chi connectivity index (χ2v) is 7.39. The molecule has 3 rings (SSSR count). The highest BCUT2D eigenvalue weighted by molar-refractivity contribution is 7.97. The molecular weight excluding hydrogens is 292 g/mol. The first-order chi connectivity index (χ1) is 10.7. The number of thioether (sulfide) groups is 1. The van der Waals surface area contributed by atoms with Gasteiger partial charge in [0, 0.05) is 29.9 Å². The van der Waals surface area contributed by atoms with E-state index in [1.165, 1.54) is 24.9 Å². The summed E-state index contributed by atoms with van der Waals surface area (Å²) in [5.41, 5.74) is 2.13. The molecular formula is C18H26N2OS. The van der Waals surface area contributed by atoms with E-state index in [4.69, 9.17) is 0 Å². The van der Waals surface area contributed by atoms with E-state index in [2.05, 4.69) is 35.2 Å². The van der Waals surface area contributed by atoms with Gasteiger partial charge in [0.05, 0.1) is 0 Å². The molecule has 1 aromatic carbocycles. The van der Waals surface area contributed by atoms with Gasteiger partial charge in [-0.15, -0.1) is 0 Å². The molecule has 2 aliphatic rings. The maximum Gasteiger partial charge on any atom is 0.254 e. The highest BCUT2D eigenvalue weighted by atomic mass is 32.2. The summed E-state index contributed by atoms with van der Waals surface area (Å²) in [6, 6.07) is 9.16. The summed E-state index contributed by atoms with van der Waals surface area (Å²) in [6.45, 7) is 2.09. The van der Waals surface area contributed by atoms with Gasteiger partial charge in [-0.05, 0) is 63.2 Å². The fourth-order valence-electron chi connectivity index (χ4n) is 3.94. The van der Waals surface area contributed by atoms with E-state index in [9.17, 15) is 4.79 Å². The number of nitrogens with zero attached hydrogens (tertiary/aromatic N) is 2. The third kappa shape index (κ3) is 3.18. The van der Waals surface area contributed by atoms with Gasteiger partial charge in [0.15, 0.2) is 0 Å². The van der Waals surface area contributed by atoms with Crippen molar-refractivity contribution in [3.05, 3.63) is 35.4 Å². The van der Waals surface area contributed by atoms with E-state index in [0.717, 1.165) is 30.7 Å². The number of hydrogen-bond acceptors (Lipinski definition) is 3. The van der Waals surface area contributed by atoms with Gasteiger partial charge in [0.2, 0.25) is 0 Å². The maximum atomic E-state index is 12.9. The molecule has 0 aliphatic carbocycles. The van der Waals surface area contributed by atoms with Crippen LogP contribution >= 0.6 is 11.8 Å². The summed E-state index contributed by atoms with van der Waals surface area (Å²) in [5.74, 6) is 1.23. The van der Waals surface area contributed by atoms with Crippen LogP contribution in [0.15, 0.2) is 24.3 Å². The van der Waals surface area contributed by atoms with Gasteiger partial charge in [0.25, 0.3) is 5.91 Å². The fourth-order valence-corrected chi connectivity index (χ4v) is 4.47. The van der Waals surface area contributed by atoms with Gasteiger partial charge in [0.1, 0.15) is 0 Å². The van der Waals surface area contributed by atoms with Crippen LogP contribution in [0.25, 0.3) is 0 Å². The Hall–Kier alpha value is -1.00. The second-order valence-electron chi connectivity index (χ2n) is 6.53. The molecule has 2 aliphatic heterocycles. The molecule has 0 radical (unpaired) electrons. The van der Waals surface area contributed by atoms with Crippen LogP contribution in [0.5, 0.6) is 0 Å². The second kappa shape index (κ2) is 7.05. The molecule has 0 bridgehead atoms. The van der Waals surface area contributed by atoms with Crippen LogP contribution in [0.4, 0.5) is 0 Å². The van der Waals surface area contributed by atoms with Crippen LogP contribution in [0.3, 0.4) is 0 Å². The van der Waals surface area contributed by atoms with E-state index in [-0.39, 0.29) is 5.91 Å². The van der Waals surface area contributed by atoms with Crippen LogP contribution in [-0.2, 0) is 5.75 Å². The number of likely N-dealkylation sites (N-methyl/N-ethyl adjacent to an activating group) is 1. The Labute approximate surface area is 138 Å². The van der Waals surface area contributed by atoms with Crippen molar-refractivity contribution in [1.82, 2.24) is 9.80 Å². The van der Waals surface area contributed by atoms with E-state index in [0.29, 0.717) is 12.1 Å². The standard InChI is InChI=1S/C18H26N2OS/c1-19-11-3-5-16(19)17-6-4-12-20(17)18(21)15-9-7-14(8-10-15)13-22-2/h7-10,16-17H,3-6,11-13H2,1-2H3/t16-,17-/m0/s1. The summed E-state index contributed by atoms with van der Waals surface area (Å²) < 4.78 is 0. The van der Waals surface area contributed by atoms with Crippen molar-refractivity contribution in [2.75, 3.05) is 26.4 Å². The van der Waals surface area contributed by atoms with E-state index >= 15 is 0 Å². The first-order valence-electron chi connectivity index (χ1n) is 8.30. The van der Waals surface area contributed by atoms with Crippen molar-refractivity contribution in [3.8, 4) is 0 Å². The van der Waals surface area contributed by atoms with Crippen molar-refractivity contribution in [3.63, 3.8) is 0 Å². The zero-order chi connectivity index (χ0) is 15.5. The van der Waals surface area contributed by atoms with Gasteiger partial charge in [-0.2, -0.15) is 11.8 Å². The SMILES string of the molecule is CSCc1ccc(C(=O)N2CCC[C@H]2[C@@H]2CCCN2C)cc1. The molecule has 120 valence electrons. The Balaban J connectivity index is 1.72. The van der Waals surface area contributed by atoms with Crippen molar-refractivity contribution >= 4 is 17.7 Å². The molecule has 22 heavy (non-hydrogen) atoms. The largest absolute Gasteiger partial charge is 0.334 e. The Morgan fingerprint density at radius 2 is 1.82 bits per heavy atom. The predicted octanol–water partition coefficient (Wildman–Crippen LogP) is 3.25. The summed E-state index contributed by atoms with van der Waals surface area (Å²) in [7, 11) is 2.20. The number of amides is 1. The average molecular weight is 318 g/mol. The van der Waals surface area contributed by atoms with Crippen LogP contribution in [0, 0.1) is 0 Å². The average Bonchev–Trinajstić information content (AvgIpc) is 3.16. The lowest BCUT2D eigenvalue weighted by atomic mass is 10.0. The number of hydrogen-bond donors (Lipinski definition) is 0. The van der Waals surface area contributed by atoms with Gasteiger partial charge >= 0.3 is 0 Å². The highest BCUT2D eigenvalue weighted by Crippen LogP contribution is 2.30. The van der Waals surface area contributed by atoms with Crippen LogP contribution in [-0.4, -0.2) is 54.2 Å². The molecule has 1 aromatic rings. The third-order valence-corrected chi connectivity index (χ3v) is 5.72. The minimum atomic E-state index is 0.221. The molecule has 1 amide bonds. The summed E-state index contributed by atoms with van der Waals surface area (Å²) >= 11 is 1.81. The van der Waals surface area contributed by atoms with E-state index in [1.54, 1.807) is 0 Å². The van der Waals surface area contributed by atoms with Crippen molar-refractivity contribution < 1.29 is 4.79 Å². The smallest absolute Gasteiger partial charge is 0.254 e.